The summed E-state index contributed by atoms with van der Waals surface area (Å²) in [6.45, 7) is 17.7. The summed E-state index contributed by atoms with van der Waals surface area (Å²) in [5, 5.41) is 11.5. The maximum atomic E-state index is 4.84. The van der Waals surface area contributed by atoms with E-state index < -0.39 is 0 Å². The quantitative estimate of drug-likeness (QED) is 0.515. The molecule has 1 fully saturated rings. The molecule has 3 rings (SSSR count). The SMILES string of the molecule is CCNC(=NCc1ccccc1-n1nc(C)cc1C)NCCN1CCN(CC)CC1. The van der Waals surface area contributed by atoms with Gasteiger partial charge in [-0.1, -0.05) is 25.1 Å². The number of aryl methyl sites for hydroxylation is 2. The number of nitrogens with one attached hydrogen (secondary N) is 2. The van der Waals surface area contributed by atoms with Crippen molar-refractivity contribution in [2.75, 3.05) is 52.4 Å². The first-order chi connectivity index (χ1) is 14.6. The average Bonchev–Trinajstić information content (AvgIpc) is 3.10. The minimum absolute atomic E-state index is 0.610. The van der Waals surface area contributed by atoms with Crippen LogP contribution in [0.5, 0.6) is 0 Å². The third-order valence-electron chi connectivity index (χ3n) is 5.61. The van der Waals surface area contributed by atoms with E-state index in [-0.39, 0.29) is 0 Å². The molecule has 0 saturated carbocycles. The van der Waals surface area contributed by atoms with Crippen LogP contribution in [0.1, 0.15) is 30.8 Å². The zero-order valence-electron chi connectivity index (χ0n) is 19.0. The minimum atomic E-state index is 0.610. The number of aliphatic imine (C=N–C) groups is 1. The maximum absolute atomic E-state index is 4.84. The summed E-state index contributed by atoms with van der Waals surface area (Å²) in [6, 6.07) is 10.5. The van der Waals surface area contributed by atoms with Crippen LogP contribution in [0, 0.1) is 13.8 Å². The molecule has 1 aliphatic heterocycles. The lowest BCUT2D eigenvalue weighted by atomic mass is 10.2. The van der Waals surface area contributed by atoms with Gasteiger partial charge < -0.3 is 15.5 Å². The summed E-state index contributed by atoms with van der Waals surface area (Å²) in [5.41, 5.74) is 4.42. The van der Waals surface area contributed by atoms with Crippen LogP contribution in [0.15, 0.2) is 35.3 Å². The van der Waals surface area contributed by atoms with Gasteiger partial charge in [0.2, 0.25) is 0 Å². The average molecular weight is 412 g/mol. The van der Waals surface area contributed by atoms with E-state index in [1.807, 2.05) is 11.6 Å². The van der Waals surface area contributed by atoms with Gasteiger partial charge in [-0.3, -0.25) is 4.90 Å². The number of hydrogen-bond donors (Lipinski definition) is 2. The van der Waals surface area contributed by atoms with Gasteiger partial charge in [0.25, 0.3) is 0 Å². The lowest BCUT2D eigenvalue weighted by Gasteiger charge is -2.34. The molecule has 1 aromatic carbocycles. The molecule has 1 aliphatic rings. The zero-order valence-corrected chi connectivity index (χ0v) is 19.0. The fraction of sp³-hybridized carbons (Fsp3) is 0.565. The van der Waals surface area contributed by atoms with Crippen molar-refractivity contribution >= 4 is 5.96 Å². The zero-order chi connectivity index (χ0) is 21.3. The number of rotatable bonds is 8. The maximum Gasteiger partial charge on any atom is 0.191 e. The van der Waals surface area contributed by atoms with E-state index in [1.165, 1.54) is 13.1 Å². The highest BCUT2D eigenvalue weighted by molar-refractivity contribution is 5.79. The summed E-state index contributed by atoms with van der Waals surface area (Å²) in [5.74, 6) is 0.868. The standard InChI is InChI=1S/C23H37N7/c1-5-24-23(25-11-12-29-15-13-28(6-2)14-16-29)26-18-21-9-7-8-10-22(21)30-20(4)17-19(3)27-30/h7-10,17H,5-6,11-16,18H2,1-4H3,(H2,24,25,26). The van der Waals surface area contributed by atoms with Gasteiger partial charge in [-0.05, 0) is 45.0 Å². The van der Waals surface area contributed by atoms with Gasteiger partial charge in [-0.15, -0.1) is 0 Å². The number of piperazine rings is 1. The van der Waals surface area contributed by atoms with Gasteiger partial charge in [0, 0.05) is 51.5 Å². The molecule has 0 radical (unpaired) electrons. The molecule has 1 saturated heterocycles. The van der Waals surface area contributed by atoms with Crippen molar-refractivity contribution in [2.24, 2.45) is 4.99 Å². The van der Waals surface area contributed by atoms with Gasteiger partial charge in [-0.2, -0.15) is 5.10 Å². The Hall–Kier alpha value is -2.38. The molecule has 2 aromatic rings. The van der Waals surface area contributed by atoms with Gasteiger partial charge in [-0.25, -0.2) is 9.67 Å². The van der Waals surface area contributed by atoms with Crippen LogP contribution in [-0.2, 0) is 6.54 Å². The number of likely N-dealkylation sites (N-methyl/N-ethyl adjacent to an activating group) is 1. The van der Waals surface area contributed by atoms with E-state index in [2.05, 4.69) is 76.6 Å². The smallest absolute Gasteiger partial charge is 0.191 e. The number of nitrogens with zero attached hydrogens (tertiary/aromatic N) is 5. The lowest BCUT2D eigenvalue weighted by Crippen LogP contribution is -2.49. The molecular formula is C23H37N7. The topological polar surface area (TPSA) is 60.7 Å². The molecule has 2 N–H and O–H groups in total. The Morgan fingerprint density at radius 2 is 1.77 bits per heavy atom. The first-order valence-corrected chi connectivity index (χ1v) is 11.2. The second-order valence-corrected chi connectivity index (χ2v) is 7.87. The summed E-state index contributed by atoms with van der Waals surface area (Å²) in [7, 11) is 0. The first kappa shape index (κ1) is 22.3. The molecule has 0 spiro atoms. The van der Waals surface area contributed by atoms with E-state index in [0.29, 0.717) is 6.54 Å². The molecule has 164 valence electrons. The molecule has 2 heterocycles. The molecule has 30 heavy (non-hydrogen) atoms. The first-order valence-electron chi connectivity index (χ1n) is 11.2. The van der Waals surface area contributed by atoms with E-state index in [1.54, 1.807) is 0 Å². The van der Waals surface area contributed by atoms with Crippen LogP contribution in [0.25, 0.3) is 5.69 Å². The van der Waals surface area contributed by atoms with E-state index in [4.69, 9.17) is 4.99 Å². The van der Waals surface area contributed by atoms with Crippen molar-refractivity contribution < 1.29 is 0 Å². The molecular weight excluding hydrogens is 374 g/mol. The monoisotopic (exact) mass is 411 g/mol. The predicted octanol–water partition coefficient (Wildman–Crippen LogP) is 2.18. The normalized spacial score (nSPS) is 16.1. The third kappa shape index (κ3) is 6.06. The van der Waals surface area contributed by atoms with E-state index in [9.17, 15) is 0 Å². The molecule has 0 atom stereocenters. The molecule has 0 aliphatic carbocycles. The van der Waals surface area contributed by atoms with Crippen LogP contribution in [0.2, 0.25) is 0 Å². The van der Waals surface area contributed by atoms with Crippen LogP contribution in [0.4, 0.5) is 0 Å². The van der Waals surface area contributed by atoms with Crippen molar-refractivity contribution in [2.45, 2.75) is 34.2 Å². The van der Waals surface area contributed by atoms with E-state index in [0.717, 1.165) is 67.9 Å². The molecule has 0 bridgehead atoms. The highest BCUT2D eigenvalue weighted by Gasteiger charge is 2.15. The Balaban J connectivity index is 1.59. The number of aromatic nitrogens is 2. The second kappa shape index (κ2) is 11.1. The molecule has 1 aromatic heterocycles. The largest absolute Gasteiger partial charge is 0.357 e. The number of guanidine groups is 1. The Kier molecular flexibility index (Phi) is 8.28. The molecule has 7 heteroatoms. The molecule has 0 unspecified atom stereocenters. The molecule has 7 nitrogen and oxygen atoms in total. The van der Waals surface area contributed by atoms with Crippen molar-refractivity contribution in [3.63, 3.8) is 0 Å². The summed E-state index contributed by atoms with van der Waals surface area (Å²) in [4.78, 5) is 9.88. The number of benzene rings is 1. The Labute approximate surface area is 181 Å². The summed E-state index contributed by atoms with van der Waals surface area (Å²) < 4.78 is 2.01. The Bertz CT molecular complexity index is 819. The molecule has 0 amide bonds. The van der Waals surface area contributed by atoms with Crippen LogP contribution >= 0.6 is 0 Å². The highest BCUT2D eigenvalue weighted by Crippen LogP contribution is 2.17. The van der Waals surface area contributed by atoms with Gasteiger partial charge in [0.15, 0.2) is 5.96 Å². The van der Waals surface area contributed by atoms with Crippen LogP contribution < -0.4 is 10.6 Å². The van der Waals surface area contributed by atoms with E-state index >= 15 is 0 Å². The Morgan fingerprint density at radius 3 is 2.43 bits per heavy atom. The van der Waals surface area contributed by atoms with Crippen LogP contribution in [-0.4, -0.2) is 77.9 Å². The number of hydrogen-bond acceptors (Lipinski definition) is 4. The summed E-state index contributed by atoms with van der Waals surface area (Å²) >= 11 is 0. The fourth-order valence-electron chi connectivity index (χ4n) is 3.89. The van der Waals surface area contributed by atoms with Gasteiger partial charge in [0.1, 0.15) is 0 Å². The second-order valence-electron chi connectivity index (χ2n) is 7.87. The Morgan fingerprint density at radius 1 is 1.03 bits per heavy atom. The lowest BCUT2D eigenvalue weighted by molar-refractivity contribution is 0.139. The van der Waals surface area contributed by atoms with Crippen molar-refractivity contribution in [3.05, 3.63) is 47.3 Å². The highest BCUT2D eigenvalue weighted by atomic mass is 15.3. The van der Waals surface area contributed by atoms with Crippen LogP contribution in [0.3, 0.4) is 0 Å². The summed E-state index contributed by atoms with van der Waals surface area (Å²) in [6.07, 6.45) is 0. The van der Waals surface area contributed by atoms with Crippen molar-refractivity contribution in [1.82, 2.24) is 30.2 Å². The minimum Gasteiger partial charge on any atom is -0.357 e. The predicted molar refractivity (Wildman–Crippen MR) is 124 cm³/mol. The fourth-order valence-corrected chi connectivity index (χ4v) is 3.89. The van der Waals surface area contributed by atoms with Crippen molar-refractivity contribution in [3.8, 4) is 5.69 Å². The number of para-hydroxylation sites is 1. The third-order valence-corrected chi connectivity index (χ3v) is 5.61. The van der Waals surface area contributed by atoms with Crippen molar-refractivity contribution in [1.29, 1.82) is 0 Å². The van der Waals surface area contributed by atoms with Gasteiger partial charge in [0.05, 0.1) is 17.9 Å². The van der Waals surface area contributed by atoms with Gasteiger partial charge >= 0.3 is 0 Å².